The SMILES string of the molecule is NCC(=O)N(C(=O)c1ccccc1)c1ccc(OP(=O)(Oc2ccc(N(C(=O)CN)C(=O)c3ccccc3)cc2)[C@@H]2CCCN2C(=O)[C@@H]2CCCN2C(=O)OCc2ccccc2)cc1. The Kier molecular flexibility index (Phi) is 14.3. The minimum Gasteiger partial charge on any atom is -0.445 e. The molecule has 64 heavy (non-hydrogen) atoms. The molecule has 6 amide bonds. The number of rotatable bonds is 14. The number of carbonyl (C=O) groups excluding carboxylic acids is 6. The lowest BCUT2D eigenvalue weighted by molar-refractivity contribution is -0.135. The van der Waals surface area contributed by atoms with Crippen LogP contribution in [0.3, 0.4) is 0 Å². The molecule has 4 N–H and O–H groups in total. The molecular weight excluding hydrogens is 840 g/mol. The highest BCUT2D eigenvalue weighted by molar-refractivity contribution is 7.55. The molecule has 5 aromatic carbocycles. The Bertz CT molecular complexity index is 2390. The first-order chi connectivity index (χ1) is 31.0. The zero-order valence-electron chi connectivity index (χ0n) is 34.8. The number of amides is 6. The van der Waals surface area contributed by atoms with Crippen molar-refractivity contribution in [3.63, 3.8) is 0 Å². The number of benzene rings is 5. The quantitative estimate of drug-likeness (QED) is 0.117. The Labute approximate surface area is 369 Å². The summed E-state index contributed by atoms with van der Waals surface area (Å²) in [7, 11) is -4.48. The zero-order chi connectivity index (χ0) is 45.2. The highest BCUT2D eigenvalue weighted by Crippen LogP contribution is 2.57. The molecule has 2 fully saturated rings. The highest BCUT2D eigenvalue weighted by atomic mass is 31.2. The van der Waals surface area contributed by atoms with Crippen LogP contribution in [0, 0.1) is 0 Å². The Morgan fingerprint density at radius 2 is 1.02 bits per heavy atom. The van der Waals surface area contributed by atoms with Gasteiger partial charge in [0.25, 0.3) is 11.8 Å². The number of imide groups is 2. The highest BCUT2D eigenvalue weighted by Gasteiger charge is 2.50. The van der Waals surface area contributed by atoms with Crippen LogP contribution in [-0.2, 0) is 30.3 Å². The summed E-state index contributed by atoms with van der Waals surface area (Å²) < 4.78 is 33.6. The second-order valence-corrected chi connectivity index (χ2v) is 17.0. The summed E-state index contributed by atoms with van der Waals surface area (Å²) in [6, 6.07) is 36.1. The molecule has 330 valence electrons. The van der Waals surface area contributed by atoms with E-state index in [1.807, 2.05) is 30.3 Å². The van der Waals surface area contributed by atoms with Gasteiger partial charge in [-0.2, -0.15) is 0 Å². The lowest BCUT2D eigenvalue weighted by Gasteiger charge is -2.34. The topological polar surface area (TPSA) is 212 Å². The van der Waals surface area contributed by atoms with Gasteiger partial charge < -0.3 is 30.2 Å². The number of ether oxygens (including phenoxy) is 1. The number of anilines is 2. The van der Waals surface area contributed by atoms with E-state index < -0.39 is 68.1 Å². The van der Waals surface area contributed by atoms with Crippen LogP contribution in [0.5, 0.6) is 11.5 Å². The molecule has 0 aromatic heterocycles. The minimum absolute atomic E-state index is 0.0228. The molecule has 0 spiro atoms. The normalized spacial score (nSPS) is 15.8. The minimum atomic E-state index is -4.48. The van der Waals surface area contributed by atoms with Crippen LogP contribution in [0.4, 0.5) is 16.2 Å². The number of hydrogen-bond acceptors (Lipinski definition) is 12. The molecule has 0 unspecified atom stereocenters. The van der Waals surface area contributed by atoms with Gasteiger partial charge in [0.15, 0.2) is 5.78 Å². The molecular formula is C47H47N6O10P. The summed E-state index contributed by atoms with van der Waals surface area (Å²) >= 11 is 0. The molecule has 5 aromatic rings. The maximum Gasteiger partial charge on any atom is 0.453 e. The number of nitrogens with zero attached hydrogens (tertiary/aromatic N) is 4. The van der Waals surface area contributed by atoms with Gasteiger partial charge in [0, 0.05) is 24.2 Å². The van der Waals surface area contributed by atoms with E-state index in [-0.39, 0.29) is 53.6 Å². The molecule has 0 radical (unpaired) electrons. The Hall–Kier alpha value is -7.13. The van der Waals surface area contributed by atoms with Crippen LogP contribution in [0.2, 0.25) is 0 Å². The van der Waals surface area contributed by atoms with E-state index in [9.17, 15) is 28.8 Å². The van der Waals surface area contributed by atoms with E-state index in [0.29, 0.717) is 25.8 Å². The molecule has 2 saturated heterocycles. The predicted octanol–water partition coefficient (Wildman–Crippen LogP) is 6.35. The van der Waals surface area contributed by atoms with Crippen LogP contribution in [0.25, 0.3) is 0 Å². The van der Waals surface area contributed by atoms with E-state index >= 15 is 4.57 Å². The molecule has 2 heterocycles. The molecule has 2 aliphatic heterocycles. The Morgan fingerprint density at radius 1 is 0.578 bits per heavy atom. The summed E-state index contributed by atoms with van der Waals surface area (Å²) in [6.07, 6.45) is 0.903. The van der Waals surface area contributed by atoms with Gasteiger partial charge in [0.2, 0.25) is 17.7 Å². The van der Waals surface area contributed by atoms with Crippen LogP contribution in [0.1, 0.15) is 52.0 Å². The fourth-order valence-electron chi connectivity index (χ4n) is 7.67. The average molecular weight is 887 g/mol. The molecule has 2 aliphatic rings. The summed E-state index contributed by atoms with van der Waals surface area (Å²) in [5.41, 5.74) is 13.0. The van der Waals surface area contributed by atoms with Crippen molar-refractivity contribution in [3.05, 3.63) is 156 Å². The van der Waals surface area contributed by atoms with Crippen molar-refractivity contribution in [1.82, 2.24) is 9.80 Å². The maximum absolute atomic E-state index is 15.5. The molecule has 16 nitrogen and oxygen atoms in total. The average Bonchev–Trinajstić information content (AvgIpc) is 4.05. The number of likely N-dealkylation sites (tertiary alicyclic amines) is 2. The van der Waals surface area contributed by atoms with Gasteiger partial charge in [-0.05, 0) is 104 Å². The smallest absolute Gasteiger partial charge is 0.445 e. The summed E-state index contributed by atoms with van der Waals surface area (Å²) in [4.78, 5) is 85.5. The fraction of sp³-hybridized carbons (Fsp3) is 0.234. The summed E-state index contributed by atoms with van der Waals surface area (Å²) in [5, 5.41) is 0. The van der Waals surface area contributed by atoms with Gasteiger partial charge in [-0.1, -0.05) is 66.7 Å². The monoisotopic (exact) mass is 886 g/mol. The molecule has 0 saturated carbocycles. The zero-order valence-corrected chi connectivity index (χ0v) is 35.7. The van der Waals surface area contributed by atoms with E-state index in [1.165, 1.54) is 58.3 Å². The van der Waals surface area contributed by atoms with Crippen molar-refractivity contribution >= 4 is 54.6 Å². The molecule has 0 bridgehead atoms. The number of carbonyl (C=O) groups is 6. The molecule has 7 rings (SSSR count). The van der Waals surface area contributed by atoms with Crippen LogP contribution in [0.15, 0.2) is 140 Å². The van der Waals surface area contributed by atoms with E-state index in [4.69, 9.17) is 25.3 Å². The fourth-order valence-corrected chi connectivity index (χ4v) is 9.85. The first-order valence-electron chi connectivity index (χ1n) is 20.7. The van der Waals surface area contributed by atoms with Crippen molar-refractivity contribution in [2.75, 3.05) is 36.0 Å². The maximum atomic E-state index is 15.5. The predicted molar refractivity (Wildman–Crippen MR) is 237 cm³/mol. The van der Waals surface area contributed by atoms with E-state index in [1.54, 1.807) is 60.7 Å². The van der Waals surface area contributed by atoms with Gasteiger partial charge in [-0.25, -0.2) is 19.2 Å². The first kappa shape index (κ1) is 44.9. The third-order valence-corrected chi connectivity index (χ3v) is 13.0. The summed E-state index contributed by atoms with van der Waals surface area (Å²) in [6.45, 7) is -0.400. The third kappa shape index (κ3) is 10.1. The second-order valence-electron chi connectivity index (χ2n) is 15.0. The van der Waals surface area contributed by atoms with Gasteiger partial charge in [-0.15, -0.1) is 0 Å². The van der Waals surface area contributed by atoms with Crippen LogP contribution < -0.4 is 30.3 Å². The second kappa shape index (κ2) is 20.4. The van der Waals surface area contributed by atoms with Crippen molar-refractivity contribution < 1.29 is 47.1 Å². The van der Waals surface area contributed by atoms with Crippen LogP contribution in [-0.4, -0.2) is 83.4 Å². The van der Waals surface area contributed by atoms with Crippen molar-refractivity contribution in [2.24, 2.45) is 11.5 Å². The number of hydrogen-bond donors (Lipinski definition) is 2. The van der Waals surface area contributed by atoms with Crippen molar-refractivity contribution in [2.45, 2.75) is 44.1 Å². The van der Waals surface area contributed by atoms with Gasteiger partial charge in [0.1, 0.15) is 24.1 Å². The van der Waals surface area contributed by atoms with E-state index in [2.05, 4.69) is 0 Å². The van der Waals surface area contributed by atoms with E-state index in [0.717, 1.165) is 15.4 Å². The van der Waals surface area contributed by atoms with Gasteiger partial charge in [0.05, 0.1) is 24.5 Å². The van der Waals surface area contributed by atoms with Gasteiger partial charge >= 0.3 is 13.7 Å². The van der Waals surface area contributed by atoms with Crippen molar-refractivity contribution in [1.29, 1.82) is 0 Å². The lowest BCUT2D eigenvalue weighted by Crippen LogP contribution is -2.49. The Morgan fingerprint density at radius 3 is 1.48 bits per heavy atom. The largest absolute Gasteiger partial charge is 0.453 e. The summed E-state index contributed by atoms with van der Waals surface area (Å²) in [5.74, 6) is -4.07. The van der Waals surface area contributed by atoms with Crippen molar-refractivity contribution in [3.8, 4) is 11.5 Å². The standard InChI is InChI=1S/C47H47N6O10P/c48-30-41(54)52(44(56)34-14-6-2-7-15-34)36-20-24-38(25-21-36)62-64(60,63-39-26-22-37(23-27-39)53(42(55)31-49)45(57)35-16-8-3-9-17-35)43-19-11-29-51(43)46(58)40-18-10-28-50(40)47(59)61-32-33-12-4-1-5-13-33/h1-9,12-17,20-27,40,43H,10-11,18-19,28-32,48-49H2/t40-,43+/m0/s1. The van der Waals surface area contributed by atoms with Gasteiger partial charge in [-0.3, -0.25) is 28.9 Å². The molecule has 0 aliphatic carbocycles. The lowest BCUT2D eigenvalue weighted by atomic mass is 10.1. The molecule has 17 heteroatoms. The third-order valence-electron chi connectivity index (χ3n) is 10.8. The first-order valence-corrected chi connectivity index (χ1v) is 22.3. The Balaban J connectivity index is 1.18. The van der Waals surface area contributed by atoms with Crippen LogP contribution >= 0.6 is 7.60 Å². The molecule has 2 atom stereocenters. The number of nitrogens with two attached hydrogens (primary N) is 2.